The summed E-state index contributed by atoms with van der Waals surface area (Å²) in [6, 6.07) is 1.40. The second-order valence-corrected chi connectivity index (χ2v) is 5.15. The van der Waals surface area contributed by atoms with Crippen molar-refractivity contribution < 1.29 is 0 Å². The third kappa shape index (κ3) is 2.13. The molecule has 0 radical (unpaired) electrons. The van der Waals surface area contributed by atoms with Gasteiger partial charge in [-0.05, 0) is 32.9 Å². The summed E-state index contributed by atoms with van der Waals surface area (Å²) in [5, 5.41) is 3.63. The zero-order valence-electron chi connectivity index (χ0n) is 9.89. The first-order valence-electron chi connectivity index (χ1n) is 6.25. The van der Waals surface area contributed by atoms with Gasteiger partial charge in [0.2, 0.25) is 0 Å². The fourth-order valence-electron chi connectivity index (χ4n) is 2.50. The molecule has 0 bridgehead atoms. The molecule has 1 aliphatic carbocycles. The van der Waals surface area contributed by atoms with E-state index in [1.165, 1.54) is 38.0 Å². The van der Waals surface area contributed by atoms with Crippen LogP contribution in [-0.4, -0.2) is 40.6 Å². The maximum Gasteiger partial charge on any atom is 0.0951 e. The molecular weight excluding hydrogens is 200 g/mol. The van der Waals surface area contributed by atoms with Crippen LogP contribution in [0.4, 0.5) is 0 Å². The van der Waals surface area contributed by atoms with E-state index in [1.54, 1.807) is 0 Å². The molecule has 4 heteroatoms. The number of aromatic nitrogens is 2. The van der Waals surface area contributed by atoms with Gasteiger partial charge in [-0.2, -0.15) is 0 Å². The largest absolute Gasteiger partial charge is 0.330 e. The van der Waals surface area contributed by atoms with E-state index in [4.69, 9.17) is 0 Å². The molecule has 1 aliphatic heterocycles. The number of likely N-dealkylation sites (tertiary alicyclic amines) is 1. The third-order valence-electron chi connectivity index (χ3n) is 3.65. The van der Waals surface area contributed by atoms with Crippen molar-refractivity contribution in [2.24, 2.45) is 0 Å². The Bertz CT molecular complexity index is 356. The zero-order valence-corrected chi connectivity index (χ0v) is 9.89. The average Bonchev–Trinajstić information content (AvgIpc) is 2.86. The number of imidazole rings is 1. The highest BCUT2D eigenvalue weighted by Crippen LogP contribution is 2.35. The summed E-state index contributed by atoms with van der Waals surface area (Å²) in [4.78, 5) is 6.64. The molecule has 1 aromatic heterocycles. The number of hydrogen-bond acceptors (Lipinski definition) is 3. The fraction of sp³-hybridized carbons (Fsp3) is 0.750. The van der Waals surface area contributed by atoms with Crippen molar-refractivity contribution in [2.45, 2.75) is 37.9 Å². The van der Waals surface area contributed by atoms with E-state index in [-0.39, 0.29) is 0 Å². The molecule has 1 unspecified atom stereocenters. The van der Waals surface area contributed by atoms with E-state index < -0.39 is 0 Å². The molecule has 2 heterocycles. The Labute approximate surface area is 96.7 Å². The normalized spacial score (nSPS) is 26.4. The van der Waals surface area contributed by atoms with Crippen LogP contribution in [0.15, 0.2) is 12.5 Å². The predicted molar refractivity (Wildman–Crippen MR) is 63.2 cm³/mol. The molecule has 0 spiro atoms. The molecule has 1 saturated carbocycles. The molecule has 0 aromatic carbocycles. The summed E-state index contributed by atoms with van der Waals surface area (Å²) >= 11 is 0. The van der Waals surface area contributed by atoms with Gasteiger partial charge in [0.15, 0.2) is 0 Å². The molecule has 2 fully saturated rings. The van der Waals surface area contributed by atoms with E-state index in [0.29, 0.717) is 6.04 Å². The highest BCUT2D eigenvalue weighted by molar-refractivity contribution is 5.03. The fourth-order valence-corrected chi connectivity index (χ4v) is 2.50. The summed E-state index contributed by atoms with van der Waals surface area (Å²) in [5.41, 5.74) is 1.34. The average molecular weight is 220 g/mol. The summed E-state index contributed by atoms with van der Waals surface area (Å²) in [7, 11) is 2.19. The van der Waals surface area contributed by atoms with Crippen LogP contribution in [0.25, 0.3) is 0 Å². The van der Waals surface area contributed by atoms with Gasteiger partial charge in [0.05, 0.1) is 12.0 Å². The van der Waals surface area contributed by atoms with E-state index >= 15 is 0 Å². The maximum absolute atomic E-state index is 4.26. The van der Waals surface area contributed by atoms with Gasteiger partial charge in [0.1, 0.15) is 0 Å². The van der Waals surface area contributed by atoms with Gasteiger partial charge in [-0.1, -0.05) is 0 Å². The van der Waals surface area contributed by atoms with Crippen molar-refractivity contribution in [2.75, 3.05) is 20.1 Å². The molecule has 3 rings (SSSR count). The maximum atomic E-state index is 4.26. The molecule has 88 valence electrons. The van der Waals surface area contributed by atoms with E-state index in [9.17, 15) is 0 Å². The lowest BCUT2D eigenvalue weighted by Gasteiger charge is -2.13. The summed E-state index contributed by atoms with van der Waals surface area (Å²) in [5.74, 6) is 0. The number of nitrogens with one attached hydrogen (secondary N) is 1. The SMILES string of the molecule is CN1CCC(NCc2cncn2C2CC2)C1. The Kier molecular flexibility index (Phi) is 2.69. The van der Waals surface area contributed by atoms with Crippen LogP contribution >= 0.6 is 0 Å². The number of rotatable bonds is 4. The molecule has 1 aromatic rings. The molecule has 16 heavy (non-hydrogen) atoms. The monoisotopic (exact) mass is 220 g/mol. The first-order chi connectivity index (χ1) is 7.83. The first-order valence-corrected chi connectivity index (χ1v) is 6.25. The van der Waals surface area contributed by atoms with Crippen molar-refractivity contribution in [3.63, 3.8) is 0 Å². The quantitative estimate of drug-likeness (QED) is 0.822. The van der Waals surface area contributed by atoms with Gasteiger partial charge in [0, 0.05) is 31.4 Å². The van der Waals surface area contributed by atoms with Gasteiger partial charge in [-0.25, -0.2) is 4.98 Å². The molecular formula is C12H20N4. The van der Waals surface area contributed by atoms with Crippen LogP contribution in [0.5, 0.6) is 0 Å². The minimum absolute atomic E-state index is 0.660. The summed E-state index contributed by atoms with van der Waals surface area (Å²) < 4.78 is 2.34. The van der Waals surface area contributed by atoms with Crippen LogP contribution in [0.3, 0.4) is 0 Å². The Morgan fingerprint density at radius 2 is 2.31 bits per heavy atom. The second-order valence-electron chi connectivity index (χ2n) is 5.15. The smallest absolute Gasteiger partial charge is 0.0951 e. The van der Waals surface area contributed by atoms with Gasteiger partial charge in [0.25, 0.3) is 0 Å². The van der Waals surface area contributed by atoms with E-state index in [2.05, 4.69) is 26.8 Å². The van der Waals surface area contributed by atoms with Crippen molar-refractivity contribution >= 4 is 0 Å². The van der Waals surface area contributed by atoms with Crippen LogP contribution < -0.4 is 5.32 Å². The summed E-state index contributed by atoms with van der Waals surface area (Å²) in [6.45, 7) is 3.37. The van der Waals surface area contributed by atoms with E-state index in [1.807, 2.05) is 12.5 Å². The van der Waals surface area contributed by atoms with E-state index in [0.717, 1.165) is 12.6 Å². The Morgan fingerprint density at radius 1 is 1.44 bits per heavy atom. The number of nitrogens with zero attached hydrogens (tertiary/aromatic N) is 3. The summed E-state index contributed by atoms with van der Waals surface area (Å²) in [6.07, 6.45) is 7.92. The molecule has 0 amide bonds. The molecule has 1 N–H and O–H groups in total. The van der Waals surface area contributed by atoms with Crippen LogP contribution in [0.1, 0.15) is 31.0 Å². The zero-order chi connectivity index (χ0) is 11.0. The minimum atomic E-state index is 0.660. The lowest BCUT2D eigenvalue weighted by Crippen LogP contribution is -2.31. The predicted octanol–water partition coefficient (Wildman–Crippen LogP) is 1.01. The Balaban J connectivity index is 1.55. The Morgan fingerprint density at radius 3 is 3.00 bits per heavy atom. The molecule has 1 atom stereocenters. The lowest BCUT2D eigenvalue weighted by atomic mass is 10.2. The van der Waals surface area contributed by atoms with Gasteiger partial charge in [-0.15, -0.1) is 0 Å². The highest BCUT2D eigenvalue weighted by Gasteiger charge is 2.25. The van der Waals surface area contributed by atoms with Gasteiger partial charge in [-0.3, -0.25) is 0 Å². The van der Waals surface area contributed by atoms with Crippen molar-refractivity contribution in [1.29, 1.82) is 0 Å². The van der Waals surface area contributed by atoms with Crippen LogP contribution in [0, 0.1) is 0 Å². The third-order valence-corrected chi connectivity index (χ3v) is 3.65. The van der Waals surface area contributed by atoms with Gasteiger partial charge >= 0.3 is 0 Å². The second kappa shape index (κ2) is 4.18. The van der Waals surface area contributed by atoms with Crippen molar-refractivity contribution in [3.05, 3.63) is 18.2 Å². The van der Waals surface area contributed by atoms with Crippen molar-refractivity contribution in [1.82, 2.24) is 19.8 Å². The number of hydrogen-bond donors (Lipinski definition) is 1. The molecule has 1 saturated heterocycles. The number of likely N-dealkylation sites (N-methyl/N-ethyl adjacent to an activating group) is 1. The standard InChI is InChI=1S/C12H20N4/c1-15-5-4-10(8-15)14-7-12-6-13-9-16(12)11-2-3-11/h6,9-11,14H,2-5,7-8H2,1H3. The van der Waals surface area contributed by atoms with Crippen molar-refractivity contribution in [3.8, 4) is 0 Å². The topological polar surface area (TPSA) is 33.1 Å². The highest BCUT2D eigenvalue weighted by atomic mass is 15.2. The van der Waals surface area contributed by atoms with Gasteiger partial charge < -0.3 is 14.8 Å². The van der Waals surface area contributed by atoms with Crippen LogP contribution in [0.2, 0.25) is 0 Å². The molecule has 2 aliphatic rings. The van der Waals surface area contributed by atoms with Crippen LogP contribution in [-0.2, 0) is 6.54 Å². The Hall–Kier alpha value is -0.870. The minimum Gasteiger partial charge on any atom is -0.330 e. The first kappa shape index (κ1) is 10.3. The lowest BCUT2D eigenvalue weighted by molar-refractivity contribution is 0.396. The molecule has 4 nitrogen and oxygen atoms in total.